The van der Waals surface area contributed by atoms with Gasteiger partial charge in [-0.25, -0.2) is 4.68 Å². The molecule has 3 rings (SSSR count). The molecule has 0 spiro atoms. The lowest BCUT2D eigenvalue weighted by atomic mass is 10.1. The Bertz CT molecular complexity index is 974. The zero-order valence-electron chi connectivity index (χ0n) is 16.2. The van der Waals surface area contributed by atoms with E-state index in [-0.39, 0.29) is 12.6 Å². The van der Waals surface area contributed by atoms with Crippen LogP contribution >= 0.6 is 11.6 Å². The largest absolute Gasteiger partial charge is 0.493 e. The summed E-state index contributed by atoms with van der Waals surface area (Å²) in [5, 5.41) is 7.69. The van der Waals surface area contributed by atoms with E-state index in [1.54, 1.807) is 55.4 Å². The minimum atomic E-state index is -0.244. The minimum Gasteiger partial charge on any atom is -0.493 e. The van der Waals surface area contributed by atoms with Crippen molar-refractivity contribution < 1.29 is 19.0 Å². The van der Waals surface area contributed by atoms with Crippen molar-refractivity contribution in [1.29, 1.82) is 0 Å². The number of hydrogen-bond acceptors (Lipinski definition) is 5. The van der Waals surface area contributed by atoms with E-state index < -0.39 is 0 Å². The first-order valence-electron chi connectivity index (χ1n) is 9.00. The normalized spacial score (nSPS) is 10.4. The van der Waals surface area contributed by atoms with Crippen molar-refractivity contribution in [2.24, 2.45) is 0 Å². The summed E-state index contributed by atoms with van der Waals surface area (Å²) in [7, 11) is 3.19. The number of hydrogen-bond donors (Lipinski definition) is 1. The van der Waals surface area contributed by atoms with Crippen LogP contribution in [0, 0.1) is 0 Å². The van der Waals surface area contributed by atoms with E-state index in [0.717, 1.165) is 5.56 Å². The van der Waals surface area contributed by atoms with E-state index >= 15 is 0 Å². The lowest BCUT2D eigenvalue weighted by molar-refractivity contribution is 0.0947. The van der Waals surface area contributed by atoms with Crippen LogP contribution in [0.5, 0.6) is 17.2 Å². The second-order valence-electron chi connectivity index (χ2n) is 6.17. The highest BCUT2D eigenvalue weighted by atomic mass is 35.5. The summed E-state index contributed by atoms with van der Waals surface area (Å²) in [5.41, 5.74) is 1.36. The van der Waals surface area contributed by atoms with Crippen molar-refractivity contribution in [1.82, 2.24) is 15.1 Å². The van der Waals surface area contributed by atoms with Crippen LogP contribution in [0.1, 0.15) is 16.1 Å². The molecular weight excluding hydrogens is 394 g/mol. The van der Waals surface area contributed by atoms with Gasteiger partial charge in [0.05, 0.1) is 14.2 Å². The van der Waals surface area contributed by atoms with Crippen LogP contribution in [0.25, 0.3) is 0 Å². The minimum absolute atomic E-state index is 0.180. The Labute approximate surface area is 174 Å². The lowest BCUT2D eigenvalue weighted by Gasteiger charge is -2.10. The van der Waals surface area contributed by atoms with Crippen LogP contribution in [-0.4, -0.2) is 36.5 Å². The van der Waals surface area contributed by atoms with Crippen LogP contribution < -0.4 is 19.5 Å². The van der Waals surface area contributed by atoms with Crippen LogP contribution in [0.15, 0.2) is 54.7 Å². The van der Waals surface area contributed by atoms with E-state index in [2.05, 4.69) is 10.4 Å². The van der Waals surface area contributed by atoms with Crippen molar-refractivity contribution in [3.8, 4) is 17.2 Å². The predicted molar refractivity (Wildman–Crippen MR) is 110 cm³/mol. The van der Waals surface area contributed by atoms with E-state index in [0.29, 0.717) is 40.9 Å². The molecule has 29 heavy (non-hydrogen) atoms. The molecule has 1 amide bonds. The molecule has 0 saturated carbocycles. The van der Waals surface area contributed by atoms with E-state index in [1.807, 2.05) is 18.2 Å². The molecule has 0 aliphatic rings. The first-order valence-corrected chi connectivity index (χ1v) is 9.38. The van der Waals surface area contributed by atoms with Gasteiger partial charge in [0.15, 0.2) is 18.2 Å². The van der Waals surface area contributed by atoms with Gasteiger partial charge in [0, 0.05) is 17.8 Å². The molecule has 3 aromatic rings. The summed E-state index contributed by atoms with van der Waals surface area (Å²) in [4.78, 5) is 12.3. The summed E-state index contributed by atoms with van der Waals surface area (Å²) < 4.78 is 17.7. The Hall–Kier alpha value is -3.19. The third-order valence-electron chi connectivity index (χ3n) is 4.18. The second-order valence-corrected chi connectivity index (χ2v) is 6.60. The molecule has 7 nitrogen and oxygen atoms in total. The number of amides is 1. The predicted octanol–water partition coefficient (Wildman–Crippen LogP) is 3.56. The number of carbonyl (C=O) groups excluding carboxylic acids is 1. The Kier molecular flexibility index (Phi) is 6.97. The molecule has 0 fully saturated rings. The topological polar surface area (TPSA) is 74.6 Å². The summed E-state index contributed by atoms with van der Waals surface area (Å²) in [6, 6.07) is 14.4. The molecule has 0 unspecified atom stereocenters. The first-order chi connectivity index (χ1) is 14.1. The van der Waals surface area contributed by atoms with Gasteiger partial charge in [-0.3, -0.25) is 4.79 Å². The quantitative estimate of drug-likeness (QED) is 0.578. The number of benzene rings is 2. The van der Waals surface area contributed by atoms with Gasteiger partial charge in [-0.05, 0) is 48.4 Å². The third-order valence-corrected chi connectivity index (χ3v) is 4.42. The van der Waals surface area contributed by atoms with E-state index in [9.17, 15) is 4.79 Å². The van der Waals surface area contributed by atoms with Gasteiger partial charge in [-0.1, -0.05) is 23.7 Å². The molecule has 152 valence electrons. The number of ether oxygens (including phenoxy) is 3. The van der Waals surface area contributed by atoms with Crippen molar-refractivity contribution in [3.63, 3.8) is 0 Å². The number of nitrogens with zero attached hydrogens (tertiary/aromatic N) is 2. The van der Waals surface area contributed by atoms with Crippen LogP contribution in [0.3, 0.4) is 0 Å². The number of methoxy groups -OCH3 is 2. The maximum absolute atomic E-state index is 12.3. The average Bonchev–Trinajstić information content (AvgIpc) is 3.21. The van der Waals surface area contributed by atoms with Crippen molar-refractivity contribution in [2.45, 2.75) is 13.2 Å². The highest BCUT2D eigenvalue weighted by molar-refractivity contribution is 6.30. The fraction of sp³-hybridized carbons (Fsp3) is 0.238. The summed E-state index contributed by atoms with van der Waals surface area (Å²) in [6.45, 7) is 0.652. The van der Waals surface area contributed by atoms with Gasteiger partial charge in [-0.15, -0.1) is 0 Å². The van der Waals surface area contributed by atoms with E-state index in [1.165, 1.54) is 0 Å². The SMILES string of the molecule is COc1ccc(CCNC(=O)c2ccn(COc3cccc(Cl)c3)n2)cc1OC. The monoisotopic (exact) mass is 415 g/mol. The number of nitrogens with one attached hydrogen (secondary N) is 1. The average molecular weight is 416 g/mol. The van der Waals surface area contributed by atoms with Crippen LogP contribution in [-0.2, 0) is 13.2 Å². The van der Waals surface area contributed by atoms with Gasteiger partial charge < -0.3 is 19.5 Å². The summed E-state index contributed by atoms with van der Waals surface area (Å²) >= 11 is 5.93. The molecule has 1 aromatic heterocycles. The lowest BCUT2D eigenvalue weighted by Crippen LogP contribution is -2.26. The standard InChI is InChI=1S/C21H22ClN3O4/c1-27-19-7-6-15(12-20(19)28-2)8-10-23-21(26)18-9-11-25(24-18)14-29-17-5-3-4-16(22)13-17/h3-7,9,11-13H,8,10,14H2,1-2H3,(H,23,26). The van der Waals surface area contributed by atoms with E-state index in [4.69, 9.17) is 25.8 Å². The molecule has 0 aliphatic carbocycles. The Balaban J connectivity index is 1.49. The molecule has 0 bridgehead atoms. The summed E-state index contributed by atoms with van der Waals surface area (Å²) in [5.74, 6) is 1.72. The molecule has 2 aromatic carbocycles. The van der Waals surface area contributed by atoms with Crippen molar-refractivity contribution in [2.75, 3.05) is 20.8 Å². The zero-order valence-corrected chi connectivity index (χ0v) is 17.0. The fourth-order valence-electron chi connectivity index (χ4n) is 2.70. The number of carbonyl (C=O) groups is 1. The maximum Gasteiger partial charge on any atom is 0.271 e. The highest BCUT2D eigenvalue weighted by Gasteiger charge is 2.10. The highest BCUT2D eigenvalue weighted by Crippen LogP contribution is 2.27. The maximum atomic E-state index is 12.3. The smallest absolute Gasteiger partial charge is 0.271 e. The van der Waals surface area contributed by atoms with Gasteiger partial charge in [0.25, 0.3) is 5.91 Å². The number of rotatable bonds is 9. The number of halogens is 1. The molecule has 0 atom stereocenters. The van der Waals surface area contributed by atoms with Gasteiger partial charge in [0.1, 0.15) is 11.4 Å². The van der Waals surface area contributed by atoms with Gasteiger partial charge >= 0.3 is 0 Å². The molecule has 1 heterocycles. The van der Waals surface area contributed by atoms with Crippen LogP contribution in [0.4, 0.5) is 0 Å². The van der Waals surface area contributed by atoms with Gasteiger partial charge in [-0.2, -0.15) is 5.10 Å². The Morgan fingerprint density at radius 3 is 2.69 bits per heavy atom. The summed E-state index contributed by atoms with van der Waals surface area (Å²) in [6.07, 6.45) is 2.35. The van der Waals surface area contributed by atoms with Crippen LogP contribution in [0.2, 0.25) is 5.02 Å². The van der Waals surface area contributed by atoms with Crippen molar-refractivity contribution in [3.05, 3.63) is 71.0 Å². The third kappa shape index (κ3) is 5.65. The first kappa shape index (κ1) is 20.5. The molecule has 0 radical (unpaired) electrons. The molecule has 1 N–H and O–H groups in total. The van der Waals surface area contributed by atoms with Crippen molar-refractivity contribution >= 4 is 17.5 Å². The second kappa shape index (κ2) is 9.84. The van der Waals surface area contributed by atoms with Gasteiger partial charge in [0.2, 0.25) is 0 Å². The number of aromatic nitrogens is 2. The molecule has 0 aliphatic heterocycles. The zero-order chi connectivity index (χ0) is 20.6. The molecular formula is C21H22ClN3O4. The molecule has 8 heteroatoms. The fourth-order valence-corrected chi connectivity index (χ4v) is 2.88. The molecule has 0 saturated heterocycles. The Morgan fingerprint density at radius 2 is 1.93 bits per heavy atom. The Morgan fingerprint density at radius 1 is 1.10 bits per heavy atom.